The molecule has 104 valence electrons. The van der Waals surface area contributed by atoms with Gasteiger partial charge in [-0.25, -0.2) is 0 Å². The zero-order valence-corrected chi connectivity index (χ0v) is 11.5. The van der Waals surface area contributed by atoms with Gasteiger partial charge < -0.3 is 5.11 Å². The molecule has 1 aliphatic heterocycles. The summed E-state index contributed by atoms with van der Waals surface area (Å²) >= 11 is 0. The number of carboxylic acids is 1. The smallest absolute Gasteiger partial charge is 0.304 e. The molecular formula is C15H22N2O2. The van der Waals surface area contributed by atoms with Crippen molar-refractivity contribution in [1.29, 1.82) is 0 Å². The maximum absolute atomic E-state index is 10.7. The molecule has 4 heteroatoms. The average molecular weight is 262 g/mol. The van der Waals surface area contributed by atoms with Gasteiger partial charge in [-0.1, -0.05) is 30.3 Å². The molecule has 0 aliphatic carbocycles. The molecule has 1 unspecified atom stereocenters. The van der Waals surface area contributed by atoms with E-state index in [0.717, 1.165) is 32.7 Å². The molecule has 1 saturated heterocycles. The summed E-state index contributed by atoms with van der Waals surface area (Å²) in [6.07, 6.45) is 0.235. The number of carbonyl (C=O) groups is 1. The van der Waals surface area contributed by atoms with Crippen molar-refractivity contribution in [3.8, 4) is 0 Å². The van der Waals surface area contributed by atoms with Crippen LogP contribution in [0.25, 0.3) is 0 Å². The summed E-state index contributed by atoms with van der Waals surface area (Å²) < 4.78 is 0. The van der Waals surface area contributed by atoms with E-state index in [0.29, 0.717) is 0 Å². The predicted molar refractivity (Wildman–Crippen MR) is 75.0 cm³/mol. The third-order valence-corrected chi connectivity index (χ3v) is 3.75. The Hall–Kier alpha value is -1.39. The standard InChI is InChI=1S/C15H22N2O2/c1-13(11-15(18)19)17-9-7-16(8-10-17)12-14-5-3-2-4-6-14/h2-6,13H,7-12H2,1H3,(H,18,19). The molecule has 0 radical (unpaired) electrons. The second kappa shape index (κ2) is 6.68. The van der Waals surface area contributed by atoms with Crippen molar-refractivity contribution in [2.75, 3.05) is 26.2 Å². The third kappa shape index (κ3) is 4.33. The molecule has 0 aromatic heterocycles. The van der Waals surface area contributed by atoms with E-state index in [2.05, 4.69) is 34.1 Å². The Morgan fingerprint density at radius 1 is 1.21 bits per heavy atom. The van der Waals surface area contributed by atoms with Crippen LogP contribution >= 0.6 is 0 Å². The van der Waals surface area contributed by atoms with Gasteiger partial charge in [-0.15, -0.1) is 0 Å². The first-order chi connectivity index (χ1) is 9.15. The molecule has 0 bridgehead atoms. The molecule has 1 aromatic carbocycles. The van der Waals surface area contributed by atoms with Crippen LogP contribution in [0.3, 0.4) is 0 Å². The van der Waals surface area contributed by atoms with Crippen molar-refractivity contribution >= 4 is 5.97 Å². The zero-order valence-electron chi connectivity index (χ0n) is 11.5. The van der Waals surface area contributed by atoms with E-state index < -0.39 is 5.97 Å². The highest BCUT2D eigenvalue weighted by molar-refractivity contribution is 5.67. The zero-order chi connectivity index (χ0) is 13.7. The van der Waals surface area contributed by atoms with Crippen LogP contribution in [-0.2, 0) is 11.3 Å². The van der Waals surface area contributed by atoms with E-state index in [1.807, 2.05) is 13.0 Å². The van der Waals surface area contributed by atoms with E-state index in [1.54, 1.807) is 0 Å². The van der Waals surface area contributed by atoms with Gasteiger partial charge in [-0.3, -0.25) is 14.6 Å². The summed E-state index contributed by atoms with van der Waals surface area (Å²) in [6, 6.07) is 10.6. The number of carboxylic acid groups (broad SMARTS) is 1. The van der Waals surface area contributed by atoms with E-state index >= 15 is 0 Å². The first-order valence-corrected chi connectivity index (χ1v) is 6.87. The number of nitrogens with zero attached hydrogens (tertiary/aromatic N) is 2. The number of hydrogen-bond donors (Lipinski definition) is 1. The molecule has 0 spiro atoms. The Kier molecular flexibility index (Phi) is 4.93. The third-order valence-electron chi connectivity index (χ3n) is 3.75. The average Bonchev–Trinajstić information content (AvgIpc) is 2.40. The summed E-state index contributed by atoms with van der Waals surface area (Å²) in [4.78, 5) is 15.4. The number of hydrogen-bond acceptors (Lipinski definition) is 3. The number of piperazine rings is 1. The summed E-state index contributed by atoms with van der Waals surface area (Å²) in [5, 5.41) is 8.82. The lowest BCUT2D eigenvalue weighted by Crippen LogP contribution is -2.49. The van der Waals surface area contributed by atoms with Crippen LogP contribution < -0.4 is 0 Å². The maximum atomic E-state index is 10.7. The van der Waals surface area contributed by atoms with Gasteiger partial charge in [0.15, 0.2) is 0 Å². The lowest BCUT2D eigenvalue weighted by atomic mass is 10.1. The van der Waals surface area contributed by atoms with Crippen LogP contribution in [0.4, 0.5) is 0 Å². The van der Waals surface area contributed by atoms with Crippen LogP contribution in [0.2, 0.25) is 0 Å². The summed E-state index contributed by atoms with van der Waals surface area (Å²) in [5.74, 6) is -0.709. The largest absolute Gasteiger partial charge is 0.481 e. The van der Waals surface area contributed by atoms with E-state index in [1.165, 1.54) is 5.56 Å². The summed E-state index contributed by atoms with van der Waals surface area (Å²) in [6.45, 7) is 6.93. The van der Waals surface area contributed by atoms with Crippen LogP contribution in [0.15, 0.2) is 30.3 Å². The van der Waals surface area contributed by atoms with Crippen LogP contribution in [0.1, 0.15) is 18.9 Å². The summed E-state index contributed by atoms with van der Waals surface area (Å²) in [7, 11) is 0. The van der Waals surface area contributed by atoms with Crippen molar-refractivity contribution in [2.24, 2.45) is 0 Å². The van der Waals surface area contributed by atoms with Gasteiger partial charge in [0, 0.05) is 38.8 Å². The van der Waals surface area contributed by atoms with Gasteiger partial charge in [0.2, 0.25) is 0 Å². The molecular weight excluding hydrogens is 240 g/mol. The fourth-order valence-electron chi connectivity index (χ4n) is 2.59. The monoisotopic (exact) mass is 262 g/mol. The van der Waals surface area contributed by atoms with Crippen LogP contribution in [0, 0.1) is 0 Å². The molecule has 1 N–H and O–H groups in total. The minimum atomic E-state index is -0.709. The molecule has 4 nitrogen and oxygen atoms in total. The first kappa shape index (κ1) is 14.0. The summed E-state index contributed by atoms with van der Waals surface area (Å²) in [5.41, 5.74) is 1.34. The normalized spacial score (nSPS) is 19.2. The number of aliphatic carboxylic acids is 1. The molecule has 1 aromatic rings. The van der Waals surface area contributed by atoms with Crippen molar-refractivity contribution in [1.82, 2.24) is 9.80 Å². The molecule has 1 aliphatic rings. The molecule has 19 heavy (non-hydrogen) atoms. The fourth-order valence-corrected chi connectivity index (χ4v) is 2.59. The van der Waals surface area contributed by atoms with E-state index in [9.17, 15) is 4.79 Å². The highest BCUT2D eigenvalue weighted by Crippen LogP contribution is 2.12. The first-order valence-electron chi connectivity index (χ1n) is 6.87. The van der Waals surface area contributed by atoms with E-state index in [-0.39, 0.29) is 12.5 Å². The predicted octanol–water partition coefficient (Wildman–Crippen LogP) is 1.67. The minimum absolute atomic E-state index is 0.136. The molecule has 0 amide bonds. The molecule has 1 heterocycles. The minimum Gasteiger partial charge on any atom is -0.481 e. The van der Waals surface area contributed by atoms with Crippen molar-refractivity contribution < 1.29 is 9.90 Å². The van der Waals surface area contributed by atoms with Crippen molar-refractivity contribution in [3.05, 3.63) is 35.9 Å². The molecule has 1 fully saturated rings. The van der Waals surface area contributed by atoms with Crippen molar-refractivity contribution in [3.63, 3.8) is 0 Å². The lowest BCUT2D eigenvalue weighted by Gasteiger charge is -2.37. The lowest BCUT2D eigenvalue weighted by molar-refractivity contribution is -0.138. The van der Waals surface area contributed by atoms with Crippen LogP contribution in [0.5, 0.6) is 0 Å². The van der Waals surface area contributed by atoms with Gasteiger partial charge in [0.1, 0.15) is 0 Å². The van der Waals surface area contributed by atoms with Gasteiger partial charge in [0.25, 0.3) is 0 Å². The second-order valence-electron chi connectivity index (χ2n) is 5.24. The Morgan fingerprint density at radius 3 is 2.42 bits per heavy atom. The molecule has 1 atom stereocenters. The SMILES string of the molecule is CC(CC(=O)O)N1CCN(Cc2ccccc2)CC1. The molecule has 2 rings (SSSR count). The van der Waals surface area contributed by atoms with Crippen molar-refractivity contribution in [2.45, 2.75) is 25.9 Å². The highest BCUT2D eigenvalue weighted by Gasteiger charge is 2.22. The molecule has 0 saturated carbocycles. The number of benzene rings is 1. The second-order valence-corrected chi connectivity index (χ2v) is 5.24. The Bertz CT molecular complexity index is 400. The highest BCUT2D eigenvalue weighted by atomic mass is 16.4. The van der Waals surface area contributed by atoms with Gasteiger partial charge >= 0.3 is 5.97 Å². The van der Waals surface area contributed by atoms with Gasteiger partial charge in [-0.05, 0) is 12.5 Å². The van der Waals surface area contributed by atoms with Gasteiger partial charge in [-0.2, -0.15) is 0 Å². The topological polar surface area (TPSA) is 43.8 Å². The fraction of sp³-hybridized carbons (Fsp3) is 0.533. The maximum Gasteiger partial charge on any atom is 0.304 e. The van der Waals surface area contributed by atoms with Gasteiger partial charge in [0.05, 0.1) is 6.42 Å². The van der Waals surface area contributed by atoms with Crippen LogP contribution in [-0.4, -0.2) is 53.1 Å². The number of rotatable bonds is 5. The van der Waals surface area contributed by atoms with E-state index in [4.69, 9.17) is 5.11 Å². The Balaban J connectivity index is 1.78. The Labute approximate surface area is 114 Å². The quantitative estimate of drug-likeness (QED) is 0.876. The Morgan fingerprint density at radius 2 is 1.84 bits per heavy atom.